The maximum atomic E-state index is 12.8. The van der Waals surface area contributed by atoms with Gasteiger partial charge in [-0.25, -0.2) is 13.2 Å². The van der Waals surface area contributed by atoms with Crippen molar-refractivity contribution in [1.82, 2.24) is 9.62 Å². The fourth-order valence-electron chi connectivity index (χ4n) is 3.06. The minimum atomic E-state index is -3.72. The Morgan fingerprint density at radius 3 is 2.45 bits per heavy atom. The van der Waals surface area contributed by atoms with E-state index in [0.717, 1.165) is 0 Å². The number of carbonyl (C=O) groups is 3. The summed E-state index contributed by atoms with van der Waals surface area (Å²) >= 11 is 0. The smallest absolute Gasteiger partial charge is 0.328 e. The molecule has 1 aliphatic heterocycles. The Labute approximate surface area is 191 Å². The molecule has 3 rings (SSSR count). The van der Waals surface area contributed by atoms with Crippen LogP contribution in [0.5, 0.6) is 0 Å². The molecule has 0 unspecified atom stereocenters. The predicted octanol–water partition coefficient (Wildman–Crippen LogP) is 1.01. The van der Waals surface area contributed by atoms with Crippen molar-refractivity contribution < 1.29 is 32.3 Å². The second kappa shape index (κ2) is 11.0. The van der Waals surface area contributed by atoms with E-state index >= 15 is 0 Å². The van der Waals surface area contributed by atoms with Gasteiger partial charge in [-0.3, -0.25) is 9.59 Å². The van der Waals surface area contributed by atoms with Crippen molar-refractivity contribution in [2.45, 2.75) is 17.9 Å². The molecular formula is C22H25N3O7S. The number of benzene rings is 2. The van der Waals surface area contributed by atoms with E-state index in [1.165, 1.54) is 35.5 Å². The molecule has 2 N–H and O–H groups in total. The highest BCUT2D eigenvalue weighted by Crippen LogP contribution is 2.20. The van der Waals surface area contributed by atoms with Crippen molar-refractivity contribution in [3.63, 3.8) is 0 Å². The number of sulfonamides is 1. The molecule has 1 aliphatic rings. The van der Waals surface area contributed by atoms with Crippen LogP contribution in [-0.4, -0.2) is 69.5 Å². The molecule has 0 saturated carbocycles. The van der Waals surface area contributed by atoms with Gasteiger partial charge in [0.15, 0.2) is 6.61 Å². The van der Waals surface area contributed by atoms with Gasteiger partial charge in [-0.05, 0) is 37.3 Å². The topological polar surface area (TPSA) is 131 Å². The van der Waals surface area contributed by atoms with Gasteiger partial charge in [-0.2, -0.15) is 4.31 Å². The second-order valence-electron chi connectivity index (χ2n) is 7.26. The van der Waals surface area contributed by atoms with Crippen LogP contribution in [0.3, 0.4) is 0 Å². The minimum absolute atomic E-state index is 0.0384. The average Bonchev–Trinajstić information content (AvgIpc) is 2.83. The van der Waals surface area contributed by atoms with Crippen molar-refractivity contribution in [2.24, 2.45) is 0 Å². The molecule has 1 heterocycles. The molecule has 0 aliphatic carbocycles. The van der Waals surface area contributed by atoms with E-state index in [9.17, 15) is 22.8 Å². The maximum Gasteiger partial charge on any atom is 0.328 e. The minimum Gasteiger partial charge on any atom is -0.454 e. The fraction of sp³-hybridized carbons (Fsp3) is 0.318. The summed E-state index contributed by atoms with van der Waals surface area (Å²) in [7, 11) is -3.72. The van der Waals surface area contributed by atoms with Crippen LogP contribution in [0.25, 0.3) is 0 Å². The van der Waals surface area contributed by atoms with Gasteiger partial charge in [0.05, 0.1) is 18.1 Å². The van der Waals surface area contributed by atoms with E-state index in [-0.39, 0.29) is 23.7 Å². The SMILES string of the molecule is C[C@H](NC(=O)c1ccccc1)C(=O)OCC(=O)Nc1cccc(S(=O)(=O)N2CCOCC2)c1. The molecule has 1 saturated heterocycles. The summed E-state index contributed by atoms with van der Waals surface area (Å²) < 4.78 is 37.0. The van der Waals surface area contributed by atoms with Gasteiger partial charge in [0, 0.05) is 24.3 Å². The van der Waals surface area contributed by atoms with Gasteiger partial charge in [0.1, 0.15) is 6.04 Å². The number of rotatable bonds is 8. The summed E-state index contributed by atoms with van der Waals surface area (Å²) in [6.45, 7) is 2.02. The van der Waals surface area contributed by atoms with Crippen LogP contribution in [0.15, 0.2) is 59.5 Å². The first-order chi connectivity index (χ1) is 15.8. The first kappa shape index (κ1) is 24.4. The molecule has 1 atom stereocenters. The van der Waals surface area contributed by atoms with Crippen molar-refractivity contribution in [3.8, 4) is 0 Å². The molecule has 33 heavy (non-hydrogen) atoms. The van der Waals surface area contributed by atoms with Crippen LogP contribution in [0.2, 0.25) is 0 Å². The second-order valence-corrected chi connectivity index (χ2v) is 9.20. The van der Waals surface area contributed by atoms with Crippen molar-refractivity contribution in [1.29, 1.82) is 0 Å². The number of hydrogen-bond acceptors (Lipinski definition) is 7. The first-order valence-corrected chi connectivity index (χ1v) is 11.7. The highest BCUT2D eigenvalue weighted by Gasteiger charge is 2.26. The van der Waals surface area contributed by atoms with Gasteiger partial charge in [-0.1, -0.05) is 24.3 Å². The molecule has 0 radical (unpaired) electrons. The number of anilines is 1. The molecule has 0 spiro atoms. The molecule has 1 fully saturated rings. The molecule has 0 aromatic heterocycles. The Balaban J connectivity index is 1.52. The first-order valence-electron chi connectivity index (χ1n) is 10.3. The number of hydrogen-bond donors (Lipinski definition) is 2. The monoisotopic (exact) mass is 475 g/mol. The third-order valence-electron chi connectivity index (χ3n) is 4.81. The number of nitrogens with zero attached hydrogens (tertiary/aromatic N) is 1. The quantitative estimate of drug-likeness (QED) is 0.545. The molecule has 2 aromatic rings. The number of amides is 2. The Hall–Kier alpha value is -3.28. The number of ether oxygens (including phenoxy) is 2. The van der Waals surface area contributed by atoms with E-state index < -0.39 is 40.5 Å². The van der Waals surface area contributed by atoms with E-state index in [4.69, 9.17) is 9.47 Å². The highest BCUT2D eigenvalue weighted by atomic mass is 32.2. The summed E-state index contributed by atoms with van der Waals surface area (Å²) in [5, 5.41) is 5.01. The van der Waals surface area contributed by atoms with Crippen LogP contribution in [-0.2, 0) is 29.1 Å². The van der Waals surface area contributed by atoms with Crippen LogP contribution in [0, 0.1) is 0 Å². The van der Waals surface area contributed by atoms with E-state index in [2.05, 4.69) is 10.6 Å². The van der Waals surface area contributed by atoms with Crippen LogP contribution >= 0.6 is 0 Å². The zero-order valence-corrected chi connectivity index (χ0v) is 18.8. The van der Waals surface area contributed by atoms with E-state index in [1.807, 2.05) is 0 Å². The maximum absolute atomic E-state index is 12.8. The summed E-state index contributed by atoms with van der Waals surface area (Å²) in [4.78, 5) is 36.5. The lowest BCUT2D eigenvalue weighted by molar-refractivity contribution is -0.148. The zero-order valence-electron chi connectivity index (χ0n) is 18.0. The third-order valence-corrected chi connectivity index (χ3v) is 6.70. The molecule has 11 heteroatoms. The van der Waals surface area contributed by atoms with Gasteiger partial charge in [0.25, 0.3) is 11.8 Å². The lowest BCUT2D eigenvalue weighted by Gasteiger charge is -2.26. The van der Waals surface area contributed by atoms with E-state index in [1.54, 1.807) is 30.3 Å². The van der Waals surface area contributed by atoms with Gasteiger partial charge < -0.3 is 20.1 Å². The van der Waals surface area contributed by atoms with Crippen LogP contribution in [0.1, 0.15) is 17.3 Å². The summed E-state index contributed by atoms with van der Waals surface area (Å²) in [5.74, 6) is -1.87. The fourth-order valence-corrected chi connectivity index (χ4v) is 4.51. The Morgan fingerprint density at radius 1 is 1.06 bits per heavy atom. The lowest BCUT2D eigenvalue weighted by atomic mass is 10.2. The summed E-state index contributed by atoms with van der Waals surface area (Å²) in [6.07, 6.45) is 0. The van der Waals surface area contributed by atoms with Crippen LogP contribution < -0.4 is 10.6 Å². The van der Waals surface area contributed by atoms with Gasteiger partial charge in [-0.15, -0.1) is 0 Å². The van der Waals surface area contributed by atoms with Gasteiger partial charge in [0.2, 0.25) is 10.0 Å². The average molecular weight is 476 g/mol. The molecular weight excluding hydrogens is 450 g/mol. The number of esters is 1. The Bertz CT molecular complexity index is 1100. The molecule has 176 valence electrons. The highest BCUT2D eigenvalue weighted by molar-refractivity contribution is 7.89. The number of nitrogens with one attached hydrogen (secondary N) is 2. The zero-order chi connectivity index (χ0) is 23.8. The van der Waals surface area contributed by atoms with Gasteiger partial charge >= 0.3 is 5.97 Å². The summed E-state index contributed by atoms with van der Waals surface area (Å²) in [6, 6.07) is 13.2. The number of carbonyl (C=O) groups excluding carboxylic acids is 3. The molecule has 0 bridgehead atoms. The summed E-state index contributed by atoms with van der Waals surface area (Å²) in [5.41, 5.74) is 0.637. The van der Waals surface area contributed by atoms with Crippen molar-refractivity contribution >= 4 is 33.5 Å². The molecule has 2 amide bonds. The van der Waals surface area contributed by atoms with Crippen molar-refractivity contribution in [2.75, 3.05) is 38.2 Å². The largest absolute Gasteiger partial charge is 0.454 e. The standard InChI is InChI=1S/C22H25N3O7S/c1-16(23-21(27)17-6-3-2-4-7-17)22(28)32-15-20(26)24-18-8-5-9-19(14-18)33(29,30)25-10-12-31-13-11-25/h2-9,14,16H,10-13,15H2,1H3,(H,23,27)(H,24,26)/t16-/m0/s1. The predicted molar refractivity (Wildman–Crippen MR) is 119 cm³/mol. The number of morpholine rings is 1. The molecule has 2 aromatic carbocycles. The normalized spacial score (nSPS) is 15.3. The van der Waals surface area contributed by atoms with E-state index in [0.29, 0.717) is 18.8 Å². The Morgan fingerprint density at radius 2 is 1.76 bits per heavy atom. The Kier molecular flexibility index (Phi) is 8.15. The molecule has 10 nitrogen and oxygen atoms in total. The third kappa shape index (κ3) is 6.60. The van der Waals surface area contributed by atoms with Crippen LogP contribution in [0.4, 0.5) is 5.69 Å². The van der Waals surface area contributed by atoms with Crippen molar-refractivity contribution in [3.05, 3.63) is 60.2 Å². The lowest BCUT2D eigenvalue weighted by Crippen LogP contribution is -2.40.